The first-order valence-electron chi connectivity index (χ1n) is 5.37. The number of aryl methyl sites for hydroxylation is 1. The van der Waals surface area contributed by atoms with Crippen LogP contribution in [0.4, 0.5) is 18.9 Å². The van der Waals surface area contributed by atoms with Crippen LogP contribution >= 0.6 is 11.6 Å². The zero-order valence-electron chi connectivity index (χ0n) is 10.1. The third kappa shape index (κ3) is 3.10. The van der Waals surface area contributed by atoms with Crippen molar-refractivity contribution in [2.45, 2.75) is 19.6 Å². The predicted octanol–water partition coefficient (Wildman–Crippen LogP) is 2.23. The van der Waals surface area contributed by atoms with Crippen LogP contribution in [0.15, 0.2) is 12.4 Å². The van der Waals surface area contributed by atoms with Crippen LogP contribution in [0.5, 0.6) is 0 Å². The van der Waals surface area contributed by atoms with Crippen LogP contribution < -0.4 is 5.32 Å². The van der Waals surface area contributed by atoms with Crippen molar-refractivity contribution in [1.29, 1.82) is 0 Å². The number of H-pyrrole nitrogens is 1. The molecule has 2 N–H and O–H groups in total. The van der Waals surface area contributed by atoms with Crippen LogP contribution in [-0.2, 0) is 17.5 Å². The largest absolute Gasteiger partial charge is 0.437 e. The standard InChI is InChI=1S/C10H9ClF3N5O/c1-5-8(9(18-17-5)10(12,13)14)16-7(20)4-19-3-6(11)2-15-19/h2-3H,4H2,1H3,(H,16,20)(H,17,18). The van der Waals surface area contributed by atoms with Crippen molar-refractivity contribution in [1.82, 2.24) is 20.0 Å². The Labute approximate surface area is 115 Å². The second-order valence-corrected chi connectivity index (χ2v) is 4.41. The van der Waals surface area contributed by atoms with Crippen molar-refractivity contribution in [2.24, 2.45) is 0 Å². The van der Waals surface area contributed by atoms with Gasteiger partial charge in [0.15, 0.2) is 5.69 Å². The van der Waals surface area contributed by atoms with Gasteiger partial charge in [0.1, 0.15) is 6.54 Å². The molecule has 2 rings (SSSR count). The number of nitrogens with one attached hydrogen (secondary N) is 2. The van der Waals surface area contributed by atoms with E-state index in [0.29, 0.717) is 5.02 Å². The number of halogens is 4. The van der Waals surface area contributed by atoms with Gasteiger partial charge < -0.3 is 5.32 Å². The van der Waals surface area contributed by atoms with Gasteiger partial charge in [0.05, 0.1) is 22.6 Å². The van der Waals surface area contributed by atoms with E-state index in [1.165, 1.54) is 24.0 Å². The van der Waals surface area contributed by atoms with Crippen LogP contribution in [0, 0.1) is 6.92 Å². The molecule has 0 aromatic carbocycles. The lowest BCUT2D eigenvalue weighted by molar-refractivity contribution is -0.140. The molecule has 0 aliphatic heterocycles. The first-order valence-corrected chi connectivity index (χ1v) is 5.75. The number of aromatic amines is 1. The third-order valence-corrected chi connectivity index (χ3v) is 2.58. The van der Waals surface area contributed by atoms with E-state index in [-0.39, 0.29) is 17.9 Å². The average Bonchev–Trinajstić information content (AvgIpc) is 2.86. The summed E-state index contributed by atoms with van der Waals surface area (Å²) in [7, 11) is 0. The maximum Gasteiger partial charge on any atom is 0.437 e. The highest BCUT2D eigenvalue weighted by molar-refractivity contribution is 6.30. The number of nitrogens with zero attached hydrogens (tertiary/aromatic N) is 3. The van der Waals surface area contributed by atoms with E-state index >= 15 is 0 Å². The smallest absolute Gasteiger partial charge is 0.321 e. The number of anilines is 1. The Morgan fingerprint density at radius 1 is 1.55 bits per heavy atom. The summed E-state index contributed by atoms with van der Waals surface area (Å²) in [5.74, 6) is -0.667. The minimum atomic E-state index is -4.65. The van der Waals surface area contributed by atoms with Gasteiger partial charge in [-0.25, -0.2) is 0 Å². The fourth-order valence-corrected chi connectivity index (χ4v) is 1.69. The molecule has 2 aromatic rings. The van der Waals surface area contributed by atoms with Gasteiger partial charge in [-0.15, -0.1) is 0 Å². The molecule has 0 bridgehead atoms. The van der Waals surface area contributed by atoms with Gasteiger partial charge in [-0.2, -0.15) is 23.4 Å². The van der Waals surface area contributed by atoms with E-state index in [1.807, 2.05) is 0 Å². The Hall–Kier alpha value is -2.03. The topological polar surface area (TPSA) is 75.6 Å². The number of alkyl halides is 3. The Morgan fingerprint density at radius 3 is 2.80 bits per heavy atom. The lowest BCUT2D eigenvalue weighted by Crippen LogP contribution is -2.21. The molecular weight excluding hydrogens is 299 g/mol. The second-order valence-electron chi connectivity index (χ2n) is 3.97. The molecule has 0 fully saturated rings. The molecule has 0 unspecified atom stereocenters. The van der Waals surface area contributed by atoms with Gasteiger partial charge in [-0.05, 0) is 6.92 Å². The molecule has 108 valence electrons. The number of carbonyl (C=O) groups excluding carboxylic acids is 1. The minimum absolute atomic E-state index is 0.115. The summed E-state index contributed by atoms with van der Waals surface area (Å²) >= 11 is 5.62. The van der Waals surface area contributed by atoms with Gasteiger partial charge in [-0.1, -0.05) is 11.6 Å². The van der Waals surface area contributed by atoms with Crippen LogP contribution in [0.1, 0.15) is 11.4 Å². The molecule has 0 aliphatic rings. The van der Waals surface area contributed by atoms with Crippen LogP contribution in [0.2, 0.25) is 5.02 Å². The molecule has 6 nitrogen and oxygen atoms in total. The summed E-state index contributed by atoms with van der Waals surface area (Å²) in [6.07, 6.45) is -1.95. The monoisotopic (exact) mass is 307 g/mol. The molecule has 10 heteroatoms. The summed E-state index contributed by atoms with van der Waals surface area (Å²) < 4.78 is 39.2. The quantitative estimate of drug-likeness (QED) is 0.913. The Morgan fingerprint density at radius 2 is 2.25 bits per heavy atom. The highest BCUT2D eigenvalue weighted by Crippen LogP contribution is 2.34. The van der Waals surface area contributed by atoms with Crippen molar-refractivity contribution in [3.8, 4) is 0 Å². The van der Waals surface area contributed by atoms with E-state index in [1.54, 1.807) is 0 Å². The van der Waals surface area contributed by atoms with Gasteiger partial charge >= 0.3 is 6.18 Å². The number of carbonyl (C=O) groups is 1. The van der Waals surface area contributed by atoms with Crippen molar-refractivity contribution in [3.63, 3.8) is 0 Å². The molecule has 1 amide bonds. The molecule has 2 heterocycles. The normalized spacial score (nSPS) is 11.7. The van der Waals surface area contributed by atoms with E-state index in [4.69, 9.17) is 11.6 Å². The molecule has 2 aromatic heterocycles. The molecule has 0 spiro atoms. The lowest BCUT2D eigenvalue weighted by atomic mass is 10.3. The van der Waals surface area contributed by atoms with E-state index in [2.05, 4.69) is 20.6 Å². The number of hydrogen-bond acceptors (Lipinski definition) is 3. The zero-order chi connectivity index (χ0) is 14.9. The Balaban J connectivity index is 2.14. The number of aromatic nitrogens is 4. The van der Waals surface area contributed by atoms with Gasteiger partial charge in [0.2, 0.25) is 5.91 Å². The SMILES string of the molecule is Cc1[nH]nc(C(F)(F)F)c1NC(=O)Cn1cc(Cl)cn1. The van der Waals surface area contributed by atoms with E-state index in [9.17, 15) is 18.0 Å². The maximum absolute atomic E-state index is 12.7. The summed E-state index contributed by atoms with van der Waals surface area (Å²) in [5, 5.41) is 11.6. The summed E-state index contributed by atoms with van der Waals surface area (Å²) in [6, 6.07) is 0. The number of rotatable bonds is 3. The second kappa shape index (κ2) is 5.16. The molecular formula is C10H9ClF3N5O. The highest BCUT2D eigenvalue weighted by Gasteiger charge is 2.38. The number of hydrogen-bond donors (Lipinski definition) is 2. The fraction of sp³-hybridized carbons (Fsp3) is 0.300. The van der Waals surface area contributed by atoms with Crippen molar-refractivity contribution >= 4 is 23.2 Å². The Kier molecular flexibility index (Phi) is 3.71. The fourth-order valence-electron chi connectivity index (χ4n) is 1.54. The minimum Gasteiger partial charge on any atom is -0.321 e. The molecule has 0 saturated carbocycles. The molecule has 0 radical (unpaired) electrons. The third-order valence-electron chi connectivity index (χ3n) is 2.39. The van der Waals surface area contributed by atoms with Gasteiger partial charge in [0, 0.05) is 6.20 Å². The molecule has 0 aliphatic carbocycles. The van der Waals surface area contributed by atoms with E-state index in [0.717, 1.165) is 0 Å². The predicted molar refractivity (Wildman–Crippen MR) is 64.2 cm³/mol. The summed E-state index contributed by atoms with van der Waals surface area (Å²) in [5.41, 5.74) is -1.44. The summed E-state index contributed by atoms with van der Waals surface area (Å²) in [4.78, 5) is 11.7. The molecule has 0 saturated heterocycles. The molecule has 20 heavy (non-hydrogen) atoms. The van der Waals surface area contributed by atoms with Crippen molar-refractivity contribution in [2.75, 3.05) is 5.32 Å². The van der Waals surface area contributed by atoms with Crippen LogP contribution in [0.3, 0.4) is 0 Å². The van der Waals surface area contributed by atoms with Gasteiger partial charge in [-0.3, -0.25) is 14.6 Å². The van der Waals surface area contributed by atoms with Crippen LogP contribution in [0.25, 0.3) is 0 Å². The first kappa shape index (κ1) is 14.4. The van der Waals surface area contributed by atoms with E-state index < -0.39 is 17.8 Å². The average molecular weight is 308 g/mol. The summed E-state index contributed by atoms with van der Waals surface area (Å²) in [6.45, 7) is 1.12. The van der Waals surface area contributed by atoms with Crippen molar-refractivity contribution < 1.29 is 18.0 Å². The van der Waals surface area contributed by atoms with Crippen LogP contribution in [-0.4, -0.2) is 25.9 Å². The number of amides is 1. The maximum atomic E-state index is 12.7. The molecule has 0 atom stereocenters. The Bertz CT molecular complexity index is 633. The lowest BCUT2D eigenvalue weighted by Gasteiger charge is -2.08. The first-order chi connectivity index (χ1) is 9.27. The highest BCUT2D eigenvalue weighted by atomic mass is 35.5. The zero-order valence-corrected chi connectivity index (χ0v) is 10.9. The van der Waals surface area contributed by atoms with Crippen molar-refractivity contribution in [3.05, 3.63) is 28.8 Å². The van der Waals surface area contributed by atoms with Gasteiger partial charge in [0.25, 0.3) is 0 Å².